The third-order valence-electron chi connectivity index (χ3n) is 2.66. The van der Waals surface area contributed by atoms with Gasteiger partial charge in [0.25, 0.3) is 5.69 Å². The smallest absolute Gasteiger partial charge is 0.275 e. The van der Waals surface area contributed by atoms with Gasteiger partial charge >= 0.3 is 0 Å². The van der Waals surface area contributed by atoms with Gasteiger partial charge in [0.2, 0.25) is 0 Å². The van der Waals surface area contributed by atoms with Gasteiger partial charge in [-0.1, -0.05) is 11.6 Å². The predicted molar refractivity (Wildman–Crippen MR) is 75.5 cm³/mol. The van der Waals surface area contributed by atoms with E-state index in [1.54, 1.807) is 29.7 Å². The molecule has 0 radical (unpaired) electrons. The maximum absolute atomic E-state index is 11.0. The summed E-state index contributed by atoms with van der Waals surface area (Å²) in [6.45, 7) is 2.37. The number of rotatable bonds is 5. The first-order valence-electron chi connectivity index (χ1n) is 5.63. The van der Waals surface area contributed by atoms with Crippen molar-refractivity contribution in [1.82, 2.24) is 10.3 Å². The van der Waals surface area contributed by atoms with Crippen molar-refractivity contribution in [2.45, 2.75) is 19.5 Å². The molecule has 0 saturated heterocycles. The lowest BCUT2D eigenvalue weighted by Crippen LogP contribution is -2.18. The molecule has 5 nitrogen and oxygen atoms in total. The Kier molecular flexibility index (Phi) is 4.47. The van der Waals surface area contributed by atoms with Gasteiger partial charge in [0, 0.05) is 34.8 Å². The molecule has 1 atom stereocenters. The van der Waals surface area contributed by atoms with Gasteiger partial charge in [-0.25, -0.2) is 4.98 Å². The molecule has 0 fully saturated rings. The Morgan fingerprint density at radius 2 is 2.37 bits per heavy atom. The van der Waals surface area contributed by atoms with Gasteiger partial charge in [0.05, 0.1) is 11.0 Å². The van der Waals surface area contributed by atoms with Crippen molar-refractivity contribution in [3.05, 3.63) is 55.5 Å². The van der Waals surface area contributed by atoms with Gasteiger partial charge < -0.3 is 5.32 Å². The van der Waals surface area contributed by atoms with Gasteiger partial charge in [0.15, 0.2) is 0 Å². The Hall–Kier alpha value is -1.50. The number of nitro benzene ring substituents is 1. The molecular formula is C12H12ClN3O2S. The summed E-state index contributed by atoms with van der Waals surface area (Å²) in [6, 6.07) is 4.74. The van der Waals surface area contributed by atoms with E-state index < -0.39 is 4.92 Å². The summed E-state index contributed by atoms with van der Waals surface area (Å²) in [4.78, 5) is 14.7. The van der Waals surface area contributed by atoms with Crippen LogP contribution < -0.4 is 5.32 Å². The maximum atomic E-state index is 11.0. The number of thiazole rings is 1. The van der Waals surface area contributed by atoms with Crippen LogP contribution in [0.3, 0.4) is 0 Å². The molecule has 0 bridgehead atoms. The van der Waals surface area contributed by atoms with Crippen molar-refractivity contribution >= 4 is 28.6 Å². The number of benzene rings is 1. The molecule has 1 heterocycles. The first kappa shape index (κ1) is 13.9. The van der Waals surface area contributed by atoms with Crippen LogP contribution >= 0.6 is 22.9 Å². The summed E-state index contributed by atoms with van der Waals surface area (Å²) in [5, 5.41) is 17.4. The number of hydrogen-bond acceptors (Lipinski definition) is 5. The minimum Gasteiger partial charge on any atom is -0.304 e. The number of nitrogens with zero attached hydrogens (tertiary/aromatic N) is 2. The van der Waals surface area contributed by atoms with Crippen LogP contribution in [0.25, 0.3) is 0 Å². The van der Waals surface area contributed by atoms with Crippen molar-refractivity contribution in [3.63, 3.8) is 0 Å². The van der Waals surface area contributed by atoms with Crippen molar-refractivity contribution in [2.75, 3.05) is 0 Å². The van der Waals surface area contributed by atoms with Crippen molar-refractivity contribution < 1.29 is 4.92 Å². The predicted octanol–water partition coefficient (Wildman–Crippen LogP) is 3.56. The Morgan fingerprint density at radius 3 is 3.00 bits per heavy atom. The zero-order chi connectivity index (χ0) is 13.8. The number of aromatic nitrogens is 1. The number of hydrogen-bond donors (Lipinski definition) is 1. The molecule has 1 N–H and O–H groups in total. The molecule has 1 unspecified atom stereocenters. The second kappa shape index (κ2) is 6.10. The van der Waals surface area contributed by atoms with E-state index >= 15 is 0 Å². The van der Waals surface area contributed by atoms with E-state index in [0.717, 1.165) is 5.01 Å². The highest BCUT2D eigenvalue weighted by Gasteiger charge is 2.15. The van der Waals surface area contributed by atoms with Gasteiger partial charge in [-0.05, 0) is 19.1 Å². The third-order valence-corrected chi connectivity index (χ3v) is 3.86. The van der Waals surface area contributed by atoms with E-state index in [2.05, 4.69) is 10.3 Å². The SMILES string of the molecule is CC(NCc1ccc(Cl)cc1[N+](=O)[O-])c1nccs1. The molecule has 7 heteroatoms. The summed E-state index contributed by atoms with van der Waals surface area (Å²) in [6.07, 6.45) is 1.74. The molecule has 0 saturated carbocycles. The lowest BCUT2D eigenvalue weighted by molar-refractivity contribution is -0.385. The monoisotopic (exact) mass is 297 g/mol. The molecule has 2 aromatic rings. The molecule has 1 aromatic carbocycles. The van der Waals surface area contributed by atoms with Crippen LogP contribution in [0.4, 0.5) is 5.69 Å². The van der Waals surface area contributed by atoms with Crippen LogP contribution in [0.15, 0.2) is 29.8 Å². The Morgan fingerprint density at radius 1 is 1.58 bits per heavy atom. The largest absolute Gasteiger partial charge is 0.304 e. The van der Waals surface area contributed by atoms with Gasteiger partial charge in [-0.3, -0.25) is 10.1 Å². The summed E-state index contributed by atoms with van der Waals surface area (Å²) in [5.41, 5.74) is 0.643. The van der Waals surface area contributed by atoms with Crippen LogP contribution in [-0.4, -0.2) is 9.91 Å². The molecular weight excluding hydrogens is 286 g/mol. The molecule has 0 spiro atoms. The molecule has 0 aliphatic carbocycles. The highest BCUT2D eigenvalue weighted by Crippen LogP contribution is 2.24. The number of halogens is 1. The van der Waals surface area contributed by atoms with Crippen LogP contribution in [0.5, 0.6) is 0 Å². The van der Waals surface area contributed by atoms with E-state index in [4.69, 9.17) is 11.6 Å². The zero-order valence-electron chi connectivity index (χ0n) is 10.2. The fourth-order valence-electron chi connectivity index (χ4n) is 1.66. The summed E-state index contributed by atoms with van der Waals surface area (Å²) < 4.78 is 0. The second-order valence-corrected chi connectivity index (χ2v) is 5.37. The average Bonchev–Trinajstić information content (AvgIpc) is 2.90. The van der Waals surface area contributed by atoms with Gasteiger partial charge in [-0.15, -0.1) is 11.3 Å². The third kappa shape index (κ3) is 3.50. The van der Waals surface area contributed by atoms with Crippen LogP contribution in [0.2, 0.25) is 5.02 Å². The van der Waals surface area contributed by atoms with Crippen molar-refractivity contribution in [1.29, 1.82) is 0 Å². The molecule has 19 heavy (non-hydrogen) atoms. The Bertz CT molecular complexity index is 574. The number of nitro groups is 1. The summed E-state index contributed by atoms with van der Waals surface area (Å²) in [5.74, 6) is 0. The quantitative estimate of drug-likeness (QED) is 0.677. The fourth-order valence-corrected chi connectivity index (χ4v) is 2.49. The lowest BCUT2D eigenvalue weighted by atomic mass is 10.1. The number of nitrogens with one attached hydrogen (secondary N) is 1. The molecule has 0 aliphatic heterocycles. The molecule has 2 rings (SSSR count). The minimum absolute atomic E-state index is 0.0336. The van der Waals surface area contributed by atoms with E-state index in [-0.39, 0.29) is 11.7 Å². The normalized spacial score (nSPS) is 12.3. The van der Waals surface area contributed by atoms with E-state index in [1.807, 2.05) is 12.3 Å². The van der Waals surface area contributed by atoms with Crippen LogP contribution in [-0.2, 0) is 6.54 Å². The van der Waals surface area contributed by atoms with E-state index in [9.17, 15) is 10.1 Å². The average molecular weight is 298 g/mol. The van der Waals surface area contributed by atoms with Crippen LogP contribution in [0, 0.1) is 10.1 Å². The Balaban J connectivity index is 2.09. The first-order valence-corrected chi connectivity index (χ1v) is 6.89. The van der Waals surface area contributed by atoms with Gasteiger partial charge in [0.1, 0.15) is 5.01 Å². The maximum Gasteiger partial charge on any atom is 0.275 e. The highest BCUT2D eigenvalue weighted by atomic mass is 35.5. The molecule has 1 aromatic heterocycles. The van der Waals surface area contributed by atoms with Crippen molar-refractivity contribution in [2.24, 2.45) is 0 Å². The fraction of sp³-hybridized carbons (Fsp3) is 0.250. The minimum atomic E-state index is -0.420. The Labute approximate surface area is 119 Å². The molecule has 0 aliphatic rings. The van der Waals surface area contributed by atoms with E-state index in [1.165, 1.54) is 6.07 Å². The second-order valence-electron chi connectivity index (χ2n) is 4.00. The lowest BCUT2D eigenvalue weighted by Gasteiger charge is -2.11. The van der Waals surface area contributed by atoms with E-state index in [0.29, 0.717) is 17.1 Å². The first-order chi connectivity index (χ1) is 9.08. The molecule has 100 valence electrons. The summed E-state index contributed by atoms with van der Waals surface area (Å²) >= 11 is 7.32. The highest BCUT2D eigenvalue weighted by molar-refractivity contribution is 7.09. The molecule has 0 amide bonds. The van der Waals surface area contributed by atoms with Gasteiger partial charge in [-0.2, -0.15) is 0 Å². The topological polar surface area (TPSA) is 68.1 Å². The summed E-state index contributed by atoms with van der Waals surface area (Å²) in [7, 11) is 0. The van der Waals surface area contributed by atoms with Crippen molar-refractivity contribution in [3.8, 4) is 0 Å². The van der Waals surface area contributed by atoms with Crippen LogP contribution in [0.1, 0.15) is 23.5 Å². The standard InChI is InChI=1S/C12H12ClN3O2S/c1-8(12-14-4-5-19-12)15-7-9-2-3-10(13)6-11(9)16(17)18/h2-6,8,15H,7H2,1H3. The zero-order valence-corrected chi connectivity index (χ0v) is 11.7.